The van der Waals surface area contributed by atoms with Crippen molar-refractivity contribution in [1.29, 1.82) is 0 Å². The van der Waals surface area contributed by atoms with Crippen LogP contribution in [0, 0.1) is 0 Å². The Morgan fingerprint density at radius 3 is 2.26 bits per heavy atom. The summed E-state index contributed by atoms with van der Waals surface area (Å²) in [5, 5.41) is 47.1. The molecule has 1 fully saturated rings. The molecule has 0 radical (unpaired) electrons. The van der Waals surface area contributed by atoms with Gasteiger partial charge >= 0.3 is 0 Å². The van der Waals surface area contributed by atoms with Gasteiger partial charge in [0.05, 0.1) is 6.61 Å². The molecule has 7 heteroatoms. The zero-order valence-corrected chi connectivity index (χ0v) is 10.0. The SMILES string of the molecule is OC[C@H]1O[C@](CO)(Oc2ccc(O)cc2)[C@@H](O)[C@@H]1O. The molecule has 0 aliphatic carbocycles. The number of hydrogen-bond donors (Lipinski definition) is 5. The minimum Gasteiger partial charge on any atom is -0.508 e. The Morgan fingerprint density at radius 2 is 1.79 bits per heavy atom. The molecule has 0 saturated carbocycles. The topological polar surface area (TPSA) is 120 Å². The summed E-state index contributed by atoms with van der Waals surface area (Å²) in [6.07, 6.45) is -3.92. The maximum atomic E-state index is 9.90. The van der Waals surface area contributed by atoms with Crippen molar-refractivity contribution in [3.05, 3.63) is 24.3 Å². The molecular formula is C12H16O7. The van der Waals surface area contributed by atoms with E-state index in [2.05, 4.69) is 0 Å². The lowest BCUT2D eigenvalue weighted by Gasteiger charge is -2.30. The molecule has 0 unspecified atom stereocenters. The van der Waals surface area contributed by atoms with E-state index in [4.69, 9.17) is 19.7 Å². The minimum atomic E-state index is -1.84. The normalized spacial score (nSPS) is 34.4. The van der Waals surface area contributed by atoms with Crippen molar-refractivity contribution < 1.29 is 35.0 Å². The first-order valence-electron chi connectivity index (χ1n) is 5.76. The molecule has 1 aromatic rings. The van der Waals surface area contributed by atoms with Crippen LogP contribution >= 0.6 is 0 Å². The Bertz CT molecular complexity index is 421. The number of aliphatic hydroxyl groups excluding tert-OH is 4. The summed E-state index contributed by atoms with van der Waals surface area (Å²) in [4.78, 5) is 0. The summed E-state index contributed by atoms with van der Waals surface area (Å²) in [5.74, 6) is -1.58. The maximum absolute atomic E-state index is 9.90. The highest BCUT2D eigenvalue weighted by atomic mass is 16.7. The van der Waals surface area contributed by atoms with Crippen LogP contribution in [-0.4, -0.2) is 62.8 Å². The molecule has 19 heavy (non-hydrogen) atoms. The van der Waals surface area contributed by atoms with Crippen molar-refractivity contribution in [2.75, 3.05) is 13.2 Å². The van der Waals surface area contributed by atoms with Gasteiger partial charge in [-0.2, -0.15) is 0 Å². The van der Waals surface area contributed by atoms with Crippen LogP contribution in [0.2, 0.25) is 0 Å². The van der Waals surface area contributed by atoms with Crippen molar-refractivity contribution in [3.63, 3.8) is 0 Å². The molecule has 0 bridgehead atoms. The quantitative estimate of drug-likeness (QED) is 0.456. The molecule has 1 aliphatic rings. The van der Waals surface area contributed by atoms with Crippen molar-refractivity contribution in [1.82, 2.24) is 0 Å². The van der Waals surface area contributed by atoms with Crippen LogP contribution in [0.4, 0.5) is 0 Å². The third-order valence-electron chi connectivity index (χ3n) is 3.03. The van der Waals surface area contributed by atoms with E-state index in [1.807, 2.05) is 0 Å². The fraction of sp³-hybridized carbons (Fsp3) is 0.500. The van der Waals surface area contributed by atoms with Crippen molar-refractivity contribution in [3.8, 4) is 11.5 Å². The van der Waals surface area contributed by atoms with Crippen LogP contribution in [0.3, 0.4) is 0 Å². The molecule has 7 nitrogen and oxygen atoms in total. The molecule has 1 heterocycles. The van der Waals surface area contributed by atoms with Gasteiger partial charge in [-0.3, -0.25) is 0 Å². The highest BCUT2D eigenvalue weighted by Gasteiger charge is 2.56. The van der Waals surface area contributed by atoms with Crippen molar-refractivity contribution >= 4 is 0 Å². The molecule has 106 valence electrons. The second-order valence-corrected chi connectivity index (χ2v) is 4.34. The number of aliphatic hydroxyl groups is 4. The summed E-state index contributed by atoms with van der Waals surface area (Å²) in [5.41, 5.74) is 0. The summed E-state index contributed by atoms with van der Waals surface area (Å²) in [6.45, 7) is -1.22. The standard InChI is InChI=1S/C12H16O7/c13-5-9-10(16)11(17)12(6-14,19-9)18-8-3-1-7(15)2-4-8/h1-4,9-11,13-17H,5-6H2/t9-,10-,11+,12+/m1/s1. The van der Waals surface area contributed by atoms with Gasteiger partial charge in [0.15, 0.2) is 0 Å². The molecule has 4 atom stereocenters. The molecule has 0 aromatic heterocycles. The average Bonchev–Trinajstić information content (AvgIpc) is 2.67. The molecular weight excluding hydrogens is 256 g/mol. The van der Waals surface area contributed by atoms with Gasteiger partial charge in [-0.25, -0.2) is 0 Å². The minimum absolute atomic E-state index is 0.0338. The third-order valence-corrected chi connectivity index (χ3v) is 3.03. The van der Waals surface area contributed by atoms with Gasteiger partial charge in [-0.05, 0) is 24.3 Å². The summed E-state index contributed by atoms with van der Waals surface area (Å²) >= 11 is 0. The number of hydrogen-bond acceptors (Lipinski definition) is 7. The first kappa shape index (κ1) is 14.0. The van der Waals surface area contributed by atoms with Crippen LogP contribution in [0.25, 0.3) is 0 Å². The number of phenols is 1. The Balaban J connectivity index is 2.21. The number of phenolic OH excluding ortho intramolecular Hbond substituents is 1. The largest absolute Gasteiger partial charge is 0.508 e. The number of benzene rings is 1. The van der Waals surface area contributed by atoms with Gasteiger partial charge in [0.1, 0.15) is 36.4 Å². The zero-order valence-electron chi connectivity index (χ0n) is 10.0. The highest BCUT2D eigenvalue weighted by Crippen LogP contribution is 2.33. The summed E-state index contributed by atoms with van der Waals surface area (Å²) in [6, 6.07) is 5.56. The predicted molar refractivity (Wildman–Crippen MR) is 62.5 cm³/mol. The van der Waals surface area contributed by atoms with Gasteiger partial charge in [0.2, 0.25) is 0 Å². The average molecular weight is 272 g/mol. The van der Waals surface area contributed by atoms with Crippen LogP contribution in [-0.2, 0) is 4.74 Å². The fourth-order valence-electron chi connectivity index (χ4n) is 1.97. The maximum Gasteiger partial charge on any atom is 0.263 e. The zero-order chi connectivity index (χ0) is 14.0. The Labute approximate surface area is 109 Å². The lowest BCUT2D eigenvalue weighted by Crippen LogP contribution is -2.51. The van der Waals surface area contributed by atoms with E-state index in [0.29, 0.717) is 0 Å². The Morgan fingerprint density at radius 1 is 1.16 bits per heavy atom. The van der Waals surface area contributed by atoms with Crippen molar-refractivity contribution in [2.45, 2.75) is 24.1 Å². The van der Waals surface area contributed by atoms with Gasteiger partial charge in [-0.15, -0.1) is 0 Å². The van der Waals surface area contributed by atoms with E-state index in [1.165, 1.54) is 24.3 Å². The first-order chi connectivity index (χ1) is 9.02. The lowest BCUT2D eigenvalue weighted by atomic mass is 10.1. The van der Waals surface area contributed by atoms with Gasteiger partial charge in [0.25, 0.3) is 5.79 Å². The van der Waals surface area contributed by atoms with Crippen LogP contribution in [0.1, 0.15) is 0 Å². The fourth-order valence-corrected chi connectivity index (χ4v) is 1.97. The Hall–Kier alpha value is -1.38. The highest BCUT2D eigenvalue weighted by molar-refractivity contribution is 5.30. The number of rotatable bonds is 4. The molecule has 1 aromatic carbocycles. The van der Waals surface area contributed by atoms with E-state index in [-0.39, 0.29) is 11.5 Å². The van der Waals surface area contributed by atoms with E-state index in [9.17, 15) is 15.3 Å². The van der Waals surface area contributed by atoms with Crippen LogP contribution in [0.5, 0.6) is 11.5 Å². The van der Waals surface area contributed by atoms with Gasteiger partial charge < -0.3 is 35.0 Å². The molecule has 0 amide bonds. The van der Waals surface area contributed by atoms with Gasteiger partial charge in [0, 0.05) is 0 Å². The summed E-state index contributed by atoms with van der Waals surface area (Å²) in [7, 11) is 0. The van der Waals surface area contributed by atoms with Crippen molar-refractivity contribution in [2.24, 2.45) is 0 Å². The van der Waals surface area contributed by atoms with Gasteiger partial charge in [-0.1, -0.05) is 0 Å². The third kappa shape index (κ3) is 2.51. The molecule has 1 saturated heterocycles. The molecule has 5 N–H and O–H groups in total. The van der Waals surface area contributed by atoms with Crippen LogP contribution < -0.4 is 4.74 Å². The second kappa shape index (κ2) is 5.32. The molecule has 2 rings (SSSR count). The van der Waals surface area contributed by atoms with Crippen LogP contribution in [0.15, 0.2) is 24.3 Å². The molecule has 0 spiro atoms. The number of ether oxygens (including phenoxy) is 2. The monoisotopic (exact) mass is 272 g/mol. The van der Waals surface area contributed by atoms with E-state index in [0.717, 1.165) is 0 Å². The van der Waals surface area contributed by atoms with E-state index < -0.39 is 37.3 Å². The smallest absolute Gasteiger partial charge is 0.263 e. The van der Waals surface area contributed by atoms with E-state index >= 15 is 0 Å². The first-order valence-corrected chi connectivity index (χ1v) is 5.76. The summed E-state index contributed by atoms with van der Waals surface area (Å²) < 4.78 is 10.6. The predicted octanol–water partition coefficient (Wildman–Crippen LogP) is -1.43. The number of aromatic hydroxyl groups is 1. The molecule has 1 aliphatic heterocycles. The lowest BCUT2D eigenvalue weighted by molar-refractivity contribution is -0.230. The van der Waals surface area contributed by atoms with E-state index in [1.54, 1.807) is 0 Å². The Kier molecular flexibility index (Phi) is 3.93. The second-order valence-electron chi connectivity index (χ2n) is 4.34.